The van der Waals surface area contributed by atoms with Crippen LogP contribution in [-0.2, 0) is 21.9 Å². The number of carbonyl (C=O) groups excluding carboxylic acids is 2. The number of carbonyl (C=O) groups is 2. The van der Waals surface area contributed by atoms with Gasteiger partial charge in [-0.3, -0.25) is 4.79 Å². The first-order valence-electron chi connectivity index (χ1n) is 13.8. The summed E-state index contributed by atoms with van der Waals surface area (Å²) in [5.41, 5.74) is 0.959. The Morgan fingerprint density at radius 3 is 2.56 bits per heavy atom. The van der Waals surface area contributed by atoms with Crippen molar-refractivity contribution in [3.8, 4) is 5.75 Å². The molecular weight excluding hydrogens is 553 g/mol. The van der Waals surface area contributed by atoms with E-state index in [-0.39, 0.29) is 29.9 Å². The number of anilines is 1. The molecule has 41 heavy (non-hydrogen) atoms. The van der Waals surface area contributed by atoms with E-state index in [4.69, 9.17) is 9.16 Å². The van der Waals surface area contributed by atoms with E-state index in [0.717, 1.165) is 17.3 Å². The van der Waals surface area contributed by atoms with E-state index < -0.39 is 38.0 Å². The Labute approximate surface area is 240 Å². The number of hydrogen-bond donors (Lipinski definition) is 3. The molecular formula is C29H39F3N4O4Si. The van der Waals surface area contributed by atoms with Crippen LogP contribution in [-0.4, -0.2) is 51.1 Å². The number of likely N-dealkylation sites (tertiary alicyclic amines) is 1. The summed E-state index contributed by atoms with van der Waals surface area (Å²) in [6, 6.07) is 9.67. The summed E-state index contributed by atoms with van der Waals surface area (Å²) in [6.45, 7) is 11.5. The SMILES string of the molecule is CC(C)(C)[Si](C)(C)O[C@@H]1COc2cc(CNC(=O)NCC(=O)N3CCC[C@@H]3c3ccccc3C(F)(F)F)ccc2N1. The van der Waals surface area contributed by atoms with Crippen molar-refractivity contribution in [2.75, 3.05) is 25.0 Å². The number of amides is 3. The van der Waals surface area contributed by atoms with Crippen molar-refractivity contribution in [2.45, 2.75) is 76.7 Å². The zero-order valence-corrected chi connectivity index (χ0v) is 25.2. The van der Waals surface area contributed by atoms with Gasteiger partial charge in [0, 0.05) is 13.1 Å². The van der Waals surface area contributed by atoms with Crippen molar-refractivity contribution in [2.24, 2.45) is 0 Å². The van der Waals surface area contributed by atoms with E-state index in [9.17, 15) is 22.8 Å². The maximum Gasteiger partial charge on any atom is 0.416 e. The first kappa shape index (κ1) is 30.7. The van der Waals surface area contributed by atoms with E-state index in [0.29, 0.717) is 31.7 Å². The van der Waals surface area contributed by atoms with Gasteiger partial charge < -0.3 is 30.0 Å². The molecule has 8 nitrogen and oxygen atoms in total. The molecule has 2 aromatic carbocycles. The third-order valence-electron chi connectivity index (χ3n) is 8.05. The number of nitrogens with zero attached hydrogens (tertiary/aromatic N) is 1. The monoisotopic (exact) mass is 592 g/mol. The fourth-order valence-electron chi connectivity index (χ4n) is 4.83. The molecule has 3 N–H and O–H groups in total. The predicted molar refractivity (Wildman–Crippen MR) is 153 cm³/mol. The Bertz CT molecular complexity index is 1270. The summed E-state index contributed by atoms with van der Waals surface area (Å²) >= 11 is 0. The van der Waals surface area contributed by atoms with E-state index in [1.165, 1.54) is 17.0 Å². The Hall–Kier alpha value is -3.25. The zero-order valence-electron chi connectivity index (χ0n) is 24.2. The second-order valence-electron chi connectivity index (χ2n) is 12.0. The van der Waals surface area contributed by atoms with Crippen LogP contribution < -0.4 is 20.7 Å². The van der Waals surface area contributed by atoms with E-state index in [1.54, 1.807) is 6.07 Å². The molecule has 4 rings (SSSR count). The molecule has 1 saturated heterocycles. The minimum atomic E-state index is -4.51. The highest BCUT2D eigenvalue weighted by atomic mass is 28.4. The maximum atomic E-state index is 13.5. The largest absolute Gasteiger partial charge is 0.487 e. The van der Waals surface area contributed by atoms with Gasteiger partial charge in [-0.05, 0) is 60.3 Å². The number of urea groups is 1. The van der Waals surface area contributed by atoms with Gasteiger partial charge in [-0.15, -0.1) is 0 Å². The standard InChI is InChI=1S/C29H39F3N4O4Si/c1-28(2,3)41(4,5)40-25-18-39-24-15-19(12-13-22(24)35-25)16-33-27(38)34-17-26(37)36-14-8-11-23(36)20-9-6-7-10-21(20)29(30,31)32/h6-7,9-10,12-13,15,23,25,35H,8,11,14,16-18H2,1-5H3,(H2,33,34,38)/t23-,25-/m1/s1. The van der Waals surface area contributed by atoms with E-state index >= 15 is 0 Å². The number of halogens is 3. The van der Waals surface area contributed by atoms with Crippen LogP contribution in [0.15, 0.2) is 42.5 Å². The molecule has 2 aliphatic rings. The average molecular weight is 593 g/mol. The number of rotatable bonds is 7. The van der Waals surface area contributed by atoms with Gasteiger partial charge >= 0.3 is 12.2 Å². The topological polar surface area (TPSA) is 91.9 Å². The van der Waals surface area contributed by atoms with E-state index in [1.807, 2.05) is 18.2 Å². The summed E-state index contributed by atoms with van der Waals surface area (Å²) in [5, 5.41) is 8.70. The molecule has 224 valence electrons. The molecule has 1 fully saturated rings. The molecule has 2 heterocycles. The van der Waals surface area contributed by atoms with Crippen LogP contribution in [0, 0.1) is 0 Å². The lowest BCUT2D eigenvalue weighted by Crippen LogP contribution is -2.48. The van der Waals surface area contributed by atoms with Gasteiger partial charge in [0.2, 0.25) is 5.91 Å². The molecule has 0 radical (unpaired) electrons. The highest BCUT2D eigenvalue weighted by Gasteiger charge is 2.41. The quantitative estimate of drug-likeness (QED) is 0.342. The Morgan fingerprint density at radius 1 is 1.12 bits per heavy atom. The number of alkyl halides is 3. The molecule has 12 heteroatoms. The lowest BCUT2D eigenvalue weighted by molar-refractivity contribution is -0.140. The molecule has 0 saturated carbocycles. The minimum Gasteiger partial charge on any atom is -0.487 e. The Balaban J connectivity index is 1.27. The predicted octanol–water partition coefficient (Wildman–Crippen LogP) is 6.02. The Kier molecular flexibility index (Phi) is 8.93. The molecule has 3 amide bonds. The van der Waals surface area contributed by atoms with Crippen LogP contribution in [0.2, 0.25) is 18.1 Å². The summed E-state index contributed by atoms with van der Waals surface area (Å²) < 4.78 is 52.9. The summed E-state index contributed by atoms with van der Waals surface area (Å²) in [6.07, 6.45) is -3.73. The van der Waals surface area contributed by atoms with E-state index in [2.05, 4.69) is 49.8 Å². The molecule has 0 aliphatic carbocycles. The maximum absolute atomic E-state index is 13.5. The first-order chi connectivity index (χ1) is 19.2. The fourth-order valence-corrected chi connectivity index (χ4v) is 6.02. The van der Waals surface area contributed by atoms with Crippen LogP contribution in [0.1, 0.15) is 56.3 Å². The molecule has 2 aliphatic heterocycles. The molecule has 0 unspecified atom stereocenters. The van der Waals surface area contributed by atoms with Gasteiger partial charge in [-0.25, -0.2) is 4.79 Å². The number of ether oxygens (including phenoxy) is 1. The number of hydrogen-bond acceptors (Lipinski definition) is 5. The second kappa shape index (κ2) is 11.9. The summed E-state index contributed by atoms with van der Waals surface area (Å²) in [4.78, 5) is 26.7. The van der Waals surface area contributed by atoms with Crippen molar-refractivity contribution in [3.63, 3.8) is 0 Å². The van der Waals surface area contributed by atoms with Gasteiger partial charge in [0.15, 0.2) is 14.5 Å². The van der Waals surface area contributed by atoms with Gasteiger partial charge in [-0.2, -0.15) is 13.2 Å². The van der Waals surface area contributed by atoms with Crippen LogP contribution in [0.3, 0.4) is 0 Å². The van der Waals surface area contributed by atoms with Crippen molar-refractivity contribution < 1.29 is 31.9 Å². The third kappa shape index (κ3) is 7.34. The van der Waals surface area contributed by atoms with Gasteiger partial charge in [0.1, 0.15) is 12.4 Å². The summed E-state index contributed by atoms with van der Waals surface area (Å²) in [7, 11) is -1.98. The number of nitrogens with one attached hydrogen (secondary N) is 3. The van der Waals surface area contributed by atoms with Gasteiger partial charge in [0.05, 0.1) is 23.8 Å². The smallest absolute Gasteiger partial charge is 0.416 e. The normalized spacial score (nSPS) is 19.2. The summed E-state index contributed by atoms with van der Waals surface area (Å²) in [5.74, 6) is 0.233. The second-order valence-corrected chi connectivity index (χ2v) is 16.8. The molecule has 0 aromatic heterocycles. The van der Waals surface area contributed by atoms with Gasteiger partial charge in [0.25, 0.3) is 0 Å². The highest BCUT2D eigenvalue weighted by Crippen LogP contribution is 2.41. The average Bonchev–Trinajstić information content (AvgIpc) is 3.39. The fraction of sp³-hybridized carbons (Fsp3) is 0.517. The highest BCUT2D eigenvalue weighted by molar-refractivity contribution is 6.74. The molecule has 2 aromatic rings. The van der Waals surface area contributed by atoms with Crippen LogP contribution in [0.4, 0.5) is 23.7 Å². The Morgan fingerprint density at radius 2 is 1.85 bits per heavy atom. The van der Waals surface area contributed by atoms with Crippen molar-refractivity contribution in [1.82, 2.24) is 15.5 Å². The minimum absolute atomic E-state index is 0.0738. The van der Waals surface area contributed by atoms with Crippen LogP contribution in [0.25, 0.3) is 0 Å². The molecule has 2 atom stereocenters. The lowest BCUT2D eigenvalue weighted by Gasteiger charge is -2.40. The zero-order chi connectivity index (χ0) is 30.0. The van der Waals surface area contributed by atoms with Crippen molar-refractivity contribution >= 4 is 25.9 Å². The first-order valence-corrected chi connectivity index (χ1v) is 16.7. The van der Waals surface area contributed by atoms with Gasteiger partial charge in [-0.1, -0.05) is 45.0 Å². The van der Waals surface area contributed by atoms with Crippen LogP contribution in [0.5, 0.6) is 5.75 Å². The van der Waals surface area contributed by atoms with Crippen LogP contribution >= 0.6 is 0 Å². The lowest BCUT2D eigenvalue weighted by atomic mass is 9.98. The number of benzene rings is 2. The molecule has 0 bridgehead atoms. The van der Waals surface area contributed by atoms with Crippen molar-refractivity contribution in [1.29, 1.82) is 0 Å². The number of fused-ring (bicyclic) bond motifs is 1. The molecule has 0 spiro atoms. The third-order valence-corrected chi connectivity index (χ3v) is 12.5. The van der Waals surface area contributed by atoms with Crippen molar-refractivity contribution in [3.05, 3.63) is 59.2 Å².